The summed E-state index contributed by atoms with van der Waals surface area (Å²) in [6, 6.07) is 5.57. The molecular formula is C14H18O4. The van der Waals surface area contributed by atoms with Crippen LogP contribution in [-0.4, -0.2) is 31.4 Å². The zero-order valence-corrected chi connectivity index (χ0v) is 10.7. The molecular weight excluding hydrogens is 232 g/mol. The van der Waals surface area contributed by atoms with Gasteiger partial charge in [0.1, 0.15) is 5.75 Å². The first kappa shape index (κ1) is 14.3. The van der Waals surface area contributed by atoms with Gasteiger partial charge in [-0.1, -0.05) is 6.07 Å². The first-order chi connectivity index (χ1) is 8.67. The van der Waals surface area contributed by atoms with Gasteiger partial charge in [-0.05, 0) is 42.7 Å². The first-order valence-corrected chi connectivity index (χ1v) is 5.83. The predicted molar refractivity (Wildman–Crippen MR) is 69.9 cm³/mol. The standard InChI is InChI=1S/C14H18O4/c1-3-18-9-8-12-10-11(5-7-14(15)16)4-6-13(12)17-2/h4-7,10H,3,8-9H2,1-2H3,(H,15,16). The molecule has 0 atom stereocenters. The first-order valence-electron chi connectivity index (χ1n) is 5.83. The van der Waals surface area contributed by atoms with Crippen LogP contribution in [0.3, 0.4) is 0 Å². The van der Waals surface area contributed by atoms with Crippen LogP contribution in [0.25, 0.3) is 6.08 Å². The average Bonchev–Trinajstić information content (AvgIpc) is 2.37. The fourth-order valence-corrected chi connectivity index (χ4v) is 1.59. The van der Waals surface area contributed by atoms with Gasteiger partial charge in [-0.25, -0.2) is 4.79 Å². The molecule has 0 saturated carbocycles. The third-order valence-corrected chi connectivity index (χ3v) is 2.44. The molecule has 4 nitrogen and oxygen atoms in total. The third-order valence-electron chi connectivity index (χ3n) is 2.44. The van der Waals surface area contributed by atoms with Crippen molar-refractivity contribution in [3.05, 3.63) is 35.4 Å². The van der Waals surface area contributed by atoms with E-state index in [4.69, 9.17) is 14.6 Å². The van der Waals surface area contributed by atoms with Gasteiger partial charge in [-0.3, -0.25) is 0 Å². The summed E-state index contributed by atoms with van der Waals surface area (Å²) < 4.78 is 10.6. The molecule has 0 fully saturated rings. The molecule has 0 heterocycles. The maximum atomic E-state index is 10.5. The van der Waals surface area contributed by atoms with Crippen LogP contribution in [0.4, 0.5) is 0 Å². The molecule has 0 amide bonds. The highest BCUT2D eigenvalue weighted by molar-refractivity contribution is 5.85. The second-order valence-electron chi connectivity index (χ2n) is 3.69. The molecule has 1 rings (SSSR count). The number of aliphatic carboxylic acids is 1. The van der Waals surface area contributed by atoms with Crippen LogP contribution in [0, 0.1) is 0 Å². The van der Waals surface area contributed by atoms with Crippen LogP contribution >= 0.6 is 0 Å². The van der Waals surface area contributed by atoms with Gasteiger partial charge in [-0.2, -0.15) is 0 Å². The van der Waals surface area contributed by atoms with Gasteiger partial charge in [0.15, 0.2) is 0 Å². The Bertz CT molecular complexity index is 424. The van der Waals surface area contributed by atoms with Crippen molar-refractivity contribution >= 4 is 12.0 Å². The second kappa shape index (κ2) is 7.50. The van der Waals surface area contributed by atoms with Crippen molar-refractivity contribution in [1.82, 2.24) is 0 Å². The third kappa shape index (κ3) is 4.59. The SMILES string of the molecule is CCOCCc1cc(C=CC(=O)O)ccc1OC. The van der Waals surface area contributed by atoms with Crippen LogP contribution in [0.1, 0.15) is 18.1 Å². The van der Waals surface area contributed by atoms with Gasteiger partial charge in [-0.15, -0.1) is 0 Å². The Morgan fingerprint density at radius 1 is 1.44 bits per heavy atom. The molecule has 0 aliphatic rings. The van der Waals surface area contributed by atoms with E-state index >= 15 is 0 Å². The lowest BCUT2D eigenvalue weighted by molar-refractivity contribution is -0.131. The van der Waals surface area contributed by atoms with Gasteiger partial charge in [0, 0.05) is 12.7 Å². The minimum Gasteiger partial charge on any atom is -0.496 e. The molecule has 18 heavy (non-hydrogen) atoms. The van der Waals surface area contributed by atoms with E-state index in [0.717, 1.165) is 29.4 Å². The summed E-state index contributed by atoms with van der Waals surface area (Å²) in [6.45, 7) is 3.25. The largest absolute Gasteiger partial charge is 0.496 e. The molecule has 0 bridgehead atoms. The van der Waals surface area contributed by atoms with E-state index in [9.17, 15) is 4.79 Å². The highest BCUT2D eigenvalue weighted by Crippen LogP contribution is 2.21. The summed E-state index contributed by atoms with van der Waals surface area (Å²) >= 11 is 0. The second-order valence-corrected chi connectivity index (χ2v) is 3.69. The lowest BCUT2D eigenvalue weighted by Gasteiger charge is -2.09. The Kier molecular flexibility index (Phi) is 5.94. The quantitative estimate of drug-likeness (QED) is 0.596. The monoisotopic (exact) mass is 250 g/mol. The molecule has 0 aliphatic heterocycles. The average molecular weight is 250 g/mol. The molecule has 98 valence electrons. The molecule has 0 saturated heterocycles. The number of hydrogen-bond donors (Lipinski definition) is 1. The normalized spacial score (nSPS) is 10.8. The number of carboxylic acids is 1. The zero-order valence-electron chi connectivity index (χ0n) is 10.7. The minimum absolute atomic E-state index is 0.624. The summed E-state index contributed by atoms with van der Waals surface area (Å²) in [6.07, 6.45) is 3.42. The molecule has 0 aliphatic carbocycles. The van der Waals surface area contributed by atoms with E-state index in [1.807, 2.05) is 25.1 Å². The molecule has 0 radical (unpaired) electrons. The van der Waals surface area contributed by atoms with Crippen LogP contribution in [0.15, 0.2) is 24.3 Å². The summed E-state index contributed by atoms with van der Waals surface area (Å²) in [7, 11) is 1.62. The number of rotatable bonds is 7. The molecule has 0 aromatic heterocycles. The molecule has 1 aromatic rings. The van der Waals surface area contributed by atoms with Crippen LogP contribution in [0.2, 0.25) is 0 Å². The van der Waals surface area contributed by atoms with Gasteiger partial charge in [0.05, 0.1) is 13.7 Å². The minimum atomic E-state index is -0.957. The van der Waals surface area contributed by atoms with E-state index in [1.54, 1.807) is 13.2 Å². The molecule has 0 spiro atoms. The topological polar surface area (TPSA) is 55.8 Å². The maximum absolute atomic E-state index is 10.5. The van der Waals surface area contributed by atoms with Crippen molar-refractivity contribution < 1.29 is 19.4 Å². The van der Waals surface area contributed by atoms with Crippen molar-refractivity contribution in [3.63, 3.8) is 0 Å². The Morgan fingerprint density at radius 2 is 2.22 bits per heavy atom. The Balaban J connectivity index is 2.83. The van der Waals surface area contributed by atoms with Crippen molar-refractivity contribution in [2.45, 2.75) is 13.3 Å². The van der Waals surface area contributed by atoms with Gasteiger partial charge in [0.2, 0.25) is 0 Å². The fraction of sp³-hybridized carbons (Fsp3) is 0.357. The van der Waals surface area contributed by atoms with Crippen LogP contribution in [-0.2, 0) is 16.0 Å². The Morgan fingerprint density at radius 3 is 2.83 bits per heavy atom. The van der Waals surface area contributed by atoms with E-state index in [1.165, 1.54) is 0 Å². The Hall–Kier alpha value is -1.81. The van der Waals surface area contributed by atoms with Crippen molar-refractivity contribution in [2.75, 3.05) is 20.3 Å². The number of hydrogen-bond acceptors (Lipinski definition) is 3. The van der Waals surface area contributed by atoms with Gasteiger partial charge in [0.25, 0.3) is 0 Å². The van der Waals surface area contributed by atoms with E-state index in [2.05, 4.69) is 0 Å². The number of methoxy groups -OCH3 is 1. The molecule has 0 unspecified atom stereocenters. The maximum Gasteiger partial charge on any atom is 0.328 e. The summed E-state index contributed by atoms with van der Waals surface area (Å²) in [5.41, 5.74) is 1.85. The van der Waals surface area contributed by atoms with Crippen molar-refractivity contribution in [1.29, 1.82) is 0 Å². The number of carboxylic acid groups (broad SMARTS) is 1. The van der Waals surface area contributed by atoms with Gasteiger partial charge >= 0.3 is 5.97 Å². The predicted octanol–water partition coefficient (Wildman–Crippen LogP) is 2.37. The van der Waals surface area contributed by atoms with Gasteiger partial charge < -0.3 is 14.6 Å². The zero-order chi connectivity index (χ0) is 13.4. The van der Waals surface area contributed by atoms with E-state index in [0.29, 0.717) is 13.2 Å². The lowest BCUT2D eigenvalue weighted by Crippen LogP contribution is -2.00. The van der Waals surface area contributed by atoms with Crippen molar-refractivity contribution in [2.24, 2.45) is 0 Å². The summed E-state index contributed by atoms with van der Waals surface area (Å²) in [5, 5.41) is 8.59. The molecule has 1 N–H and O–H groups in total. The smallest absolute Gasteiger partial charge is 0.328 e. The summed E-state index contributed by atoms with van der Waals surface area (Å²) in [5.74, 6) is -0.163. The number of ether oxygens (including phenoxy) is 2. The summed E-state index contributed by atoms with van der Waals surface area (Å²) in [4.78, 5) is 10.5. The van der Waals surface area contributed by atoms with Crippen LogP contribution in [0.5, 0.6) is 5.75 Å². The highest BCUT2D eigenvalue weighted by atomic mass is 16.5. The lowest BCUT2D eigenvalue weighted by atomic mass is 10.1. The fourth-order valence-electron chi connectivity index (χ4n) is 1.59. The van der Waals surface area contributed by atoms with E-state index in [-0.39, 0.29) is 0 Å². The van der Waals surface area contributed by atoms with Crippen LogP contribution < -0.4 is 4.74 Å². The molecule has 4 heteroatoms. The number of carbonyl (C=O) groups is 1. The number of benzene rings is 1. The highest BCUT2D eigenvalue weighted by Gasteiger charge is 2.03. The van der Waals surface area contributed by atoms with Crippen molar-refractivity contribution in [3.8, 4) is 5.75 Å². The molecule has 1 aromatic carbocycles. The Labute approximate surface area is 107 Å². The van der Waals surface area contributed by atoms with E-state index < -0.39 is 5.97 Å².